The Morgan fingerprint density at radius 1 is 1.56 bits per heavy atom. The molecular formula is C9H8ClN5O. The highest BCUT2D eigenvalue weighted by atomic mass is 35.5. The van der Waals surface area contributed by atoms with Crippen molar-refractivity contribution in [1.29, 1.82) is 0 Å². The van der Waals surface area contributed by atoms with Crippen LogP contribution in [0.1, 0.15) is 10.5 Å². The van der Waals surface area contributed by atoms with E-state index in [0.717, 1.165) is 0 Å². The monoisotopic (exact) mass is 237 g/mol. The van der Waals surface area contributed by atoms with Crippen LogP contribution in [-0.2, 0) is 7.05 Å². The molecule has 0 unspecified atom stereocenters. The molecule has 16 heavy (non-hydrogen) atoms. The number of rotatable bonds is 2. The molecule has 0 bridgehead atoms. The van der Waals surface area contributed by atoms with Crippen molar-refractivity contribution in [2.24, 2.45) is 7.05 Å². The van der Waals surface area contributed by atoms with Gasteiger partial charge in [-0.15, -0.1) is 0 Å². The molecule has 0 radical (unpaired) electrons. The van der Waals surface area contributed by atoms with Gasteiger partial charge < -0.3 is 9.88 Å². The number of hydrogen-bond acceptors (Lipinski definition) is 4. The van der Waals surface area contributed by atoms with E-state index in [1.54, 1.807) is 24.0 Å². The Bertz CT molecular complexity index is 524. The van der Waals surface area contributed by atoms with E-state index in [1.807, 2.05) is 0 Å². The van der Waals surface area contributed by atoms with Crippen LogP contribution in [0.3, 0.4) is 0 Å². The van der Waals surface area contributed by atoms with Gasteiger partial charge >= 0.3 is 0 Å². The Morgan fingerprint density at radius 3 is 3.00 bits per heavy atom. The van der Waals surface area contributed by atoms with E-state index in [0.29, 0.717) is 11.5 Å². The van der Waals surface area contributed by atoms with Gasteiger partial charge in [-0.05, 0) is 17.7 Å². The standard InChI is InChI=1S/C9H8ClN5O/c1-15-5-11-4-6(15)8(16)13-7-2-3-12-9(10)14-7/h2-5H,1H3,(H,12,13,14,16). The van der Waals surface area contributed by atoms with Crippen LogP contribution in [0, 0.1) is 0 Å². The molecule has 1 amide bonds. The molecule has 0 fully saturated rings. The summed E-state index contributed by atoms with van der Waals surface area (Å²) in [7, 11) is 1.73. The van der Waals surface area contributed by atoms with Crippen molar-refractivity contribution in [3.63, 3.8) is 0 Å². The van der Waals surface area contributed by atoms with Crippen LogP contribution in [0.2, 0.25) is 5.28 Å². The number of hydrogen-bond donors (Lipinski definition) is 1. The topological polar surface area (TPSA) is 72.7 Å². The first-order chi connectivity index (χ1) is 7.66. The van der Waals surface area contributed by atoms with Gasteiger partial charge in [-0.3, -0.25) is 4.79 Å². The maximum absolute atomic E-state index is 11.7. The van der Waals surface area contributed by atoms with Gasteiger partial charge in [0.2, 0.25) is 5.28 Å². The summed E-state index contributed by atoms with van der Waals surface area (Å²) in [6.45, 7) is 0. The lowest BCUT2D eigenvalue weighted by Gasteiger charge is -2.04. The summed E-state index contributed by atoms with van der Waals surface area (Å²) in [5.74, 6) is 0.0565. The fourth-order valence-corrected chi connectivity index (χ4v) is 1.31. The highest BCUT2D eigenvalue weighted by Gasteiger charge is 2.10. The highest BCUT2D eigenvalue weighted by molar-refractivity contribution is 6.28. The molecule has 0 saturated heterocycles. The first kappa shape index (κ1) is 10.6. The number of nitrogens with one attached hydrogen (secondary N) is 1. The summed E-state index contributed by atoms with van der Waals surface area (Å²) in [5, 5.41) is 2.68. The van der Waals surface area contributed by atoms with Crippen LogP contribution in [0.15, 0.2) is 24.8 Å². The van der Waals surface area contributed by atoms with Gasteiger partial charge in [0.1, 0.15) is 11.5 Å². The Balaban J connectivity index is 2.17. The molecule has 0 aromatic carbocycles. The number of carbonyl (C=O) groups excluding carboxylic acids is 1. The minimum Gasteiger partial charge on any atom is -0.330 e. The lowest BCUT2D eigenvalue weighted by Crippen LogP contribution is -2.16. The van der Waals surface area contributed by atoms with Crippen LogP contribution >= 0.6 is 11.6 Å². The van der Waals surface area contributed by atoms with Gasteiger partial charge in [0, 0.05) is 13.2 Å². The zero-order chi connectivity index (χ0) is 11.5. The molecule has 2 rings (SSSR count). The zero-order valence-electron chi connectivity index (χ0n) is 8.38. The Labute approximate surface area is 96.3 Å². The molecule has 1 N–H and O–H groups in total. The average Bonchev–Trinajstić information content (AvgIpc) is 2.64. The first-order valence-corrected chi connectivity index (χ1v) is 4.81. The number of anilines is 1. The molecule has 7 heteroatoms. The molecule has 0 aliphatic carbocycles. The number of halogens is 1. The van der Waals surface area contributed by atoms with Gasteiger partial charge in [0.25, 0.3) is 5.91 Å². The smallest absolute Gasteiger partial charge is 0.275 e. The van der Waals surface area contributed by atoms with Gasteiger partial charge in [-0.2, -0.15) is 0 Å². The number of aryl methyl sites for hydroxylation is 1. The van der Waals surface area contributed by atoms with Gasteiger partial charge in [-0.25, -0.2) is 15.0 Å². The van der Waals surface area contributed by atoms with E-state index in [2.05, 4.69) is 20.3 Å². The number of imidazole rings is 1. The zero-order valence-corrected chi connectivity index (χ0v) is 9.14. The van der Waals surface area contributed by atoms with Crippen LogP contribution in [-0.4, -0.2) is 25.4 Å². The normalized spacial score (nSPS) is 10.1. The second kappa shape index (κ2) is 4.28. The fourth-order valence-electron chi connectivity index (χ4n) is 1.16. The van der Waals surface area contributed by atoms with Crippen molar-refractivity contribution < 1.29 is 4.79 Å². The van der Waals surface area contributed by atoms with Crippen molar-refractivity contribution in [1.82, 2.24) is 19.5 Å². The van der Waals surface area contributed by atoms with Crippen LogP contribution in [0.4, 0.5) is 5.82 Å². The number of amides is 1. The summed E-state index contributed by atoms with van der Waals surface area (Å²) in [6, 6.07) is 1.56. The first-order valence-electron chi connectivity index (χ1n) is 4.43. The molecule has 0 atom stereocenters. The fraction of sp³-hybridized carbons (Fsp3) is 0.111. The van der Waals surface area contributed by atoms with E-state index in [1.165, 1.54) is 12.4 Å². The molecular weight excluding hydrogens is 230 g/mol. The Morgan fingerprint density at radius 2 is 2.38 bits per heavy atom. The van der Waals surface area contributed by atoms with Crippen LogP contribution in [0.5, 0.6) is 0 Å². The van der Waals surface area contributed by atoms with Crippen molar-refractivity contribution in [2.75, 3.05) is 5.32 Å². The predicted octanol–water partition coefficient (Wildman–Crippen LogP) is 1.12. The maximum Gasteiger partial charge on any atom is 0.275 e. The quantitative estimate of drug-likeness (QED) is 0.795. The van der Waals surface area contributed by atoms with E-state index in [-0.39, 0.29) is 11.2 Å². The van der Waals surface area contributed by atoms with Crippen LogP contribution < -0.4 is 5.32 Å². The Kier molecular flexibility index (Phi) is 2.82. The molecule has 2 heterocycles. The molecule has 2 aromatic heterocycles. The third-order valence-electron chi connectivity index (χ3n) is 1.92. The molecule has 0 spiro atoms. The molecule has 82 valence electrons. The molecule has 0 aliphatic heterocycles. The maximum atomic E-state index is 11.7. The summed E-state index contributed by atoms with van der Waals surface area (Å²) in [5.41, 5.74) is 0.440. The predicted molar refractivity (Wildman–Crippen MR) is 58.2 cm³/mol. The van der Waals surface area contributed by atoms with Crippen molar-refractivity contribution in [3.8, 4) is 0 Å². The second-order valence-electron chi connectivity index (χ2n) is 3.05. The largest absolute Gasteiger partial charge is 0.330 e. The van der Waals surface area contributed by atoms with Crippen molar-refractivity contribution in [2.45, 2.75) is 0 Å². The third-order valence-corrected chi connectivity index (χ3v) is 2.10. The summed E-state index contributed by atoms with van der Waals surface area (Å²) >= 11 is 5.59. The molecule has 2 aromatic rings. The highest BCUT2D eigenvalue weighted by Crippen LogP contribution is 2.07. The van der Waals surface area contributed by atoms with Gasteiger partial charge in [-0.1, -0.05) is 0 Å². The average molecular weight is 238 g/mol. The number of nitrogens with zero attached hydrogens (tertiary/aromatic N) is 4. The molecule has 6 nitrogen and oxygen atoms in total. The lowest BCUT2D eigenvalue weighted by atomic mass is 10.4. The third kappa shape index (κ3) is 2.17. The lowest BCUT2D eigenvalue weighted by molar-refractivity contribution is 0.101. The van der Waals surface area contributed by atoms with E-state index < -0.39 is 0 Å². The summed E-state index contributed by atoms with van der Waals surface area (Å²) in [4.78, 5) is 23.1. The molecule has 0 saturated carbocycles. The Hall–Kier alpha value is -1.95. The van der Waals surface area contributed by atoms with Crippen molar-refractivity contribution >= 4 is 23.3 Å². The molecule has 0 aliphatic rings. The summed E-state index contributed by atoms with van der Waals surface area (Å²) < 4.78 is 1.61. The summed E-state index contributed by atoms with van der Waals surface area (Å²) in [6.07, 6.45) is 4.48. The number of aromatic nitrogens is 4. The second-order valence-corrected chi connectivity index (χ2v) is 3.39. The SMILES string of the molecule is Cn1cncc1C(=O)Nc1ccnc(Cl)n1. The van der Waals surface area contributed by atoms with Crippen molar-refractivity contribution in [3.05, 3.63) is 35.8 Å². The van der Waals surface area contributed by atoms with E-state index >= 15 is 0 Å². The van der Waals surface area contributed by atoms with Gasteiger partial charge in [0.05, 0.1) is 12.5 Å². The number of carbonyl (C=O) groups is 1. The minimum absolute atomic E-state index is 0.0859. The van der Waals surface area contributed by atoms with E-state index in [9.17, 15) is 4.79 Å². The van der Waals surface area contributed by atoms with Crippen LogP contribution in [0.25, 0.3) is 0 Å². The van der Waals surface area contributed by atoms with Gasteiger partial charge in [0.15, 0.2) is 0 Å². The van der Waals surface area contributed by atoms with E-state index in [4.69, 9.17) is 11.6 Å². The minimum atomic E-state index is -0.297.